The largest absolute Gasteiger partial charge is 0.356 e. The number of nitrogens with one attached hydrogen (secondary N) is 1. The molecule has 3 nitrogen and oxygen atoms in total. The first kappa shape index (κ1) is 13.2. The number of nitrogens with zero attached hydrogens (tertiary/aromatic N) is 1. The molecule has 0 saturated carbocycles. The molecule has 1 amide bonds. The number of aromatic amines is 1. The van der Waals surface area contributed by atoms with Crippen LogP contribution in [0.5, 0.6) is 0 Å². The predicted molar refractivity (Wildman–Crippen MR) is 75.7 cm³/mol. The Morgan fingerprint density at radius 1 is 1.39 bits per heavy atom. The van der Waals surface area contributed by atoms with Gasteiger partial charge in [-0.05, 0) is 39.7 Å². The van der Waals surface area contributed by atoms with Crippen molar-refractivity contribution in [1.29, 1.82) is 0 Å². The second kappa shape index (κ2) is 5.59. The van der Waals surface area contributed by atoms with E-state index < -0.39 is 0 Å². The molecule has 2 aromatic rings. The number of hydrogen-bond donors (Lipinski definition) is 1. The summed E-state index contributed by atoms with van der Waals surface area (Å²) in [6, 6.07) is 9.23. The van der Waals surface area contributed by atoms with Gasteiger partial charge in [-0.1, -0.05) is 23.7 Å². The highest BCUT2D eigenvalue weighted by Gasteiger charge is 2.13. The van der Waals surface area contributed by atoms with Crippen LogP contribution in [0.25, 0.3) is 0 Å². The van der Waals surface area contributed by atoms with Gasteiger partial charge in [-0.25, -0.2) is 0 Å². The molecule has 0 radical (unpaired) electrons. The van der Waals surface area contributed by atoms with Gasteiger partial charge >= 0.3 is 0 Å². The first-order valence-electron chi connectivity index (χ1n) is 5.40. The Labute approximate surface area is 119 Å². The van der Waals surface area contributed by atoms with E-state index in [2.05, 4.69) is 20.9 Å². The van der Waals surface area contributed by atoms with E-state index in [4.69, 9.17) is 11.6 Å². The number of benzene rings is 1. The first-order chi connectivity index (χ1) is 8.56. The van der Waals surface area contributed by atoms with Crippen molar-refractivity contribution in [3.05, 3.63) is 57.3 Å². The lowest BCUT2D eigenvalue weighted by molar-refractivity contribution is 0.0780. The second-order valence-electron chi connectivity index (χ2n) is 4.02. The van der Waals surface area contributed by atoms with E-state index in [0.717, 1.165) is 10.0 Å². The normalized spacial score (nSPS) is 10.4. The highest BCUT2D eigenvalue weighted by Crippen LogP contribution is 2.14. The summed E-state index contributed by atoms with van der Waals surface area (Å²) in [6.45, 7) is 0.548. The van der Waals surface area contributed by atoms with Crippen LogP contribution in [-0.2, 0) is 6.54 Å². The Morgan fingerprint density at radius 3 is 2.61 bits per heavy atom. The van der Waals surface area contributed by atoms with Crippen molar-refractivity contribution >= 4 is 33.4 Å². The van der Waals surface area contributed by atoms with Gasteiger partial charge in [0.15, 0.2) is 0 Å². The Morgan fingerprint density at radius 2 is 2.06 bits per heavy atom. The zero-order chi connectivity index (χ0) is 13.1. The molecule has 0 fully saturated rings. The lowest BCUT2D eigenvalue weighted by atomic mass is 10.2. The highest BCUT2D eigenvalue weighted by molar-refractivity contribution is 9.10. The van der Waals surface area contributed by atoms with E-state index in [0.29, 0.717) is 17.3 Å². The van der Waals surface area contributed by atoms with Crippen molar-refractivity contribution in [3.63, 3.8) is 0 Å². The van der Waals surface area contributed by atoms with Crippen LogP contribution in [0.3, 0.4) is 0 Å². The molecule has 0 aliphatic carbocycles. The van der Waals surface area contributed by atoms with E-state index in [-0.39, 0.29) is 5.91 Å². The van der Waals surface area contributed by atoms with Gasteiger partial charge < -0.3 is 9.88 Å². The summed E-state index contributed by atoms with van der Waals surface area (Å²) in [7, 11) is 1.77. The summed E-state index contributed by atoms with van der Waals surface area (Å²) in [6.07, 6.45) is 1.74. The fourth-order valence-corrected chi connectivity index (χ4v) is 2.10. The quantitative estimate of drug-likeness (QED) is 0.916. The standard InChI is InChI=1S/C13H12BrClN2O/c1-17(8-9-2-4-11(15)5-3-9)13(18)12-6-10(14)7-16-12/h2-7,16H,8H2,1H3. The van der Waals surface area contributed by atoms with Crippen molar-refractivity contribution in [2.45, 2.75) is 6.54 Å². The number of carbonyl (C=O) groups excluding carboxylic acids is 1. The van der Waals surface area contributed by atoms with Crippen LogP contribution in [0.2, 0.25) is 5.02 Å². The van der Waals surface area contributed by atoms with Crippen LogP contribution in [0.1, 0.15) is 16.1 Å². The molecule has 0 atom stereocenters. The topological polar surface area (TPSA) is 36.1 Å². The van der Waals surface area contributed by atoms with Gasteiger partial charge in [0, 0.05) is 29.3 Å². The van der Waals surface area contributed by atoms with Crippen LogP contribution in [-0.4, -0.2) is 22.8 Å². The molecule has 94 valence electrons. The molecule has 0 aliphatic rings. The van der Waals surface area contributed by atoms with Gasteiger partial charge in [-0.2, -0.15) is 0 Å². The molecule has 1 aromatic heterocycles. The average Bonchev–Trinajstić information content (AvgIpc) is 2.78. The molecule has 0 bridgehead atoms. The fourth-order valence-electron chi connectivity index (χ4n) is 1.63. The monoisotopic (exact) mass is 326 g/mol. The highest BCUT2D eigenvalue weighted by atomic mass is 79.9. The predicted octanol–water partition coefficient (Wildman–Crippen LogP) is 3.70. The maximum absolute atomic E-state index is 12.1. The Hall–Kier alpha value is -1.26. The van der Waals surface area contributed by atoms with Crippen molar-refractivity contribution in [3.8, 4) is 0 Å². The van der Waals surface area contributed by atoms with Crippen LogP contribution >= 0.6 is 27.5 Å². The lowest BCUT2D eigenvalue weighted by Crippen LogP contribution is -2.26. The summed E-state index contributed by atoms with van der Waals surface area (Å²) in [4.78, 5) is 16.7. The third-order valence-corrected chi connectivity index (χ3v) is 3.27. The van der Waals surface area contributed by atoms with Gasteiger partial charge in [0.25, 0.3) is 5.91 Å². The minimum Gasteiger partial charge on any atom is -0.356 e. The van der Waals surface area contributed by atoms with Crippen LogP contribution in [0.4, 0.5) is 0 Å². The van der Waals surface area contributed by atoms with Gasteiger partial charge in [-0.3, -0.25) is 4.79 Å². The number of aromatic nitrogens is 1. The summed E-state index contributed by atoms with van der Waals surface area (Å²) in [5.41, 5.74) is 1.61. The first-order valence-corrected chi connectivity index (χ1v) is 6.57. The molecule has 5 heteroatoms. The van der Waals surface area contributed by atoms with Crippen molar-refractivity contribution in [2.75, 3.05) is 7.05 Å². The van der Waals surface area contributed by atoms with Gasteiger partial charge in [0.2, 0.25) is 0 Å². The van der Waals surface area contributed by atoms with E-state index in [1.807, 2.05) is 24.3 Å². The molecule has 2 rings (SSSR count). The van der Waals surface area contributed by atoms with Crippen LogP contribution in [0, 0.1) is 0 Å². The SMILES string of the molecule is CN(Cc1ccc(Cl)cc1)C(=O)c1cc(Br)c[nH]1. The number of carbonyl (C=O) groups is 1. The summed E-state index contributed by atoms with van der Waals surface area (Å²) in [5, 5.41) is 0.695. The fraction of sp³-hybridized carbons (Fsp3) is 0.154. The zero-order valence-corrected chi connectivity index (χ0v) is 12.1. The molecule has 0 unspecified atom stereocenters. The van der Waals surface area contributed by atoms with E-state index in [1.165, 1.54) is 0 Å². The Kier molecular flexibility index (Phi) is 4.09. The molecular weight excluding hydrogens is 316 g/mol. The van der Waals surface area contributed by atoms with Gasteiger partial charge in [-0.15, -0.1) is 0 Å². The minimum absolute atomic E-state index is 0.0457. The maximum atomic E-state index is 12.1. The summed E-state index contributed by atoms with van der Waals surface area (Å²) < 4.78 is 0.866. The number of halogens is 2. The summed E-state index contributed by atoms with van der Waals surface area (Å²) in [5.74, 6) is -0.0457. The van der Waals surface area contributed by atoms with Crippen molar-refractivity contribution in [1.82, 2.24) is 9.88 Å². The Balaban J connectivity index is 2.05. The van der Waals surface area contributed by atoms with Gasteiger partial charge in [0.05, 0.1) is 0 Å². The van der Waals surface area contributed by atoms with Gasteiger partial charge in [0.1, 0.15) is 5.69 Å². The van der Waals surface area contributed by atoms with E-state index in [9.17, 15) is 4.79 Å². The molecule has 1 N–H and O–H groups in total. The number of rotatable bonds is 3. The van der Waals surface area contributed by atoms with E-state index in [1.54, 1.807) is 24.2 Å². The molecule has 18 heavy (non-hydrogen) atoms. The van der Waals surface area contributed by atoms with Crippen LogP contribution < -0.4 is 0 Å². The molecule has 0 saturated heterocycles. The molecule has 1 aromatic carbocycles. The summed E-state index contributed by atoms with van der Waals surface area (Å²) >= 11 is 9.13. The van der Waals surface area contributed by atoms with Crippen LogP contribution in [0.15, 0.2) is 41.0 Å². The van der Waals surface area contributed by atoms with Crippen molar-refractivity contribution in [2.24, 2.45) is 0 Å². The minimum atomic E-state index is -0.0457. The average molecular weight is 328 g/mol. The Bertz CT molecular complexity index is 550. The maximum Gasteiger partial charge on any atom is 0.270 e. The number of hydrogen-bond acceptors (Lipinski definition) is 1. The molecule has 0 spiro atoms. The lowest BCUT2D eigenvalue weighted by Gasteiger charge is -2.16. The number of amides is 1. The second-order valence-corrected chi connectivity index (χ2v) is 5.37. The zero-order valence-electron chi connectivity index (χ0n) is 9.78. The molecule has 1 heterocycles. The third kappa shape index (κ3) is 3.15. The smallest absolute Gasteiger partial charge is 0.270 e. The number of H-pyrrole nitrogens is 1. The van der Waals surface area contributed by atoms with Crippen molar-refractivity contribution < 1.29 is 4.79 Å². The molecular formula is C13H12BrClN2O. The third-order valence-electron chi connectivity index (χ3n) is 2.56. The van der Waals surface area contributed by atoms with E-state index >= 15 is 0 Å². The molecule has 0 aliphatic heterocycles.